The summed E-state index contributed by atoms with van der Waals surface area (Å²) in [5, 5.41) is 8.71. The van der Waals surface area contributed by atoms with Crippen molar-refractivity contribution in [3.8, 4) is 0 Å². The molecule has 1 saturated carbocycles. The van der Waals surface area contributed by atoms with E-state index in [0.717, 1.165) is 25.7 Å². The maximum Gasteiger partial charge on any atom is 0.306 e. The monoisotopic (exact) mass is 157 g/mol. The van der Waals surface area contributed by atoms with E-state index in [1.54, 1.807) is 0 Å². The van der Waals surface area contributed by atoms with Crippen LogP contribution in [-0.2, 0) is 4.79 Å². The topological polar surface area (TPSA) is 63.3 Å². The Morgan fingerprint density at radius 1 is 1.55 bits per heavy atom. The van der Waals surface area contributed by atoms with Gasteiger partial charge in [0, 0.05) is 0 Å². The van der Waals surface area contributed by atoms with Crippen LogP contribution >= 0.6 is 0 Å². The van der Waals surface area contributed by atoms with Gasteiger partial charge in [-0.05, 0) is 31.7 Å². The van der Waals surface area contributed by atoms with Gasteiger partial charge in [0.1, 0.15) is 0 Å². The Hall–Kier alpha value is -0.570. The smallest absolute Gasteiger partial charge is 0.306 e. The second kappa shape index (κ2) is 3.72. The maximum absolute atomic E-state index is 10.6. The third-order valence-corrected chi connectivity index (χ3v) is 2.47. The summed E-state index contributed by atoms with van der Waals surface area (Å²) in [5.74, 6) is -0.328. The van der Waals surface area contributed by atoms with E-state index in [2.05, 4.69) is 0 Å². The SMILES string of the molecule is NC[C@H]1CCC[C@H](C(=O)O)C1. The molecule has 11 heavy (non-hydrogen) atoms. The predicted molar refractivity (Wildman–Crippen MR) is 42.1 cm³/mol. The first-order valence-corrected chi connectivity index (χ1v) is 4.17. The number of hydrogen-bond donors (Lipinski definition) is 2. The van der Waals surface area contributed by atoms with Gasteiger partial charge in [-0.25, -0.2) is 0 Å². The van der Waals surface area contributed by atoms with E-state index < -0.39 is 5.97 Å². The highest BCUT2D eigenvalue weighted by Crippen LogP contribution is 2.28. The number of carboxylic acids is 1. The highest BCUT2D eigenvalue weighted by molar-refractivity contribution is 5.70. The van der Waals surface area contributed by atoms with Crippen LogP contribution in [0, 0.1) is 11.8 Å². The van der Waals surface area contributed by atoms with Crippen molar-refractivity contribution in [3.05, 3.63) is 0 Å². The Balaban J connectivity index is 2.39. The minimum Gasteiger partial charge on any atom is -0.481 e. The Kier molecular flexibility index (Phi) is 2.88. The van der Waals surface area contributed by atoms with Crippen molar-refractivity contribution in [2.75, 3.05) is 6.54 Å². The van der Waals surface area contributed by atoms with Gasteiger partial charge in [0.05, 0.1) is 5.92 Å². The second-order valence-electron chi connectivity index (χ2n) is 3.30. The molecule has 0 spiro atoms. The van der Waals surface area contributed by atoms with Crippen LogP contribution in [0.25, 0.3) is 0 Å². The molecular weight excluding hydrogens is 142 g/mol. The minimum atomic E-state index is -0.650. The maximum atomic E-state index is 10.6. The van der Waals surface area contributed by atoms with E-state index in [-0.39, 0.29) is 5.92 Å². The zero-order valence-electron chi connectivity index (χ0n) is 6.62. The Labute approximate surface area is 66.6 Å². The van der Waals surface area contributed by atoms with Crippen molar-refractivity contribution < 1.29 is 9.90 Å². The van der Waals surface area contributed by atoms with Gasteiger partial charge in [-0.2, -0.15) is 0 Å². The molecule has 0 heterocycles. The third-order valence-electron chi connectivity index (χ3n) is 2.47. The van der Waals surface area contributed by atoms with E-state index in [0.29, 0.717) is 12.5 Å². The van der Waals surface area contributed by atoms with Gasteiger partial charge in [0.25, 0.3) is 0 Å². The van der Waals surface area contributed by atoms with E-state index in [1.165, 1.54) is 0 Å². The normalized spacial score (nSPS) is 31.7. The minimum absolute atomic E-state index is 0.128. The molecule has 0 bridgehead atoms. The first-order chi connectivity index (χ1) is 5.24. The zero-order valence-corrected chi connectivity index (χ0v) is 6.62. The summed E-state index contributed by atoms with van der Waals surface area (Å²) < 4.78 is 0. The van der Waals surface area contributed by atoms with Gasteiger partial charge in [-0.1, -0.05) is 6.42 Å². The first-order valence-electron chi connectivity index (χ1n) is 4.17. The van der Waals surface area contributed by atoms with Gasteiger partial charge in [-0.15, -0.1) is 0 Å². The fourth-order valence-electron chi connectivity index (χ4n) is 1.73. The van der Waals surface area contributed by atoms with Crippen molar-refractivity contribution in [2.45, 2.75) is 25.7 Å². The molecular formula is C8H15NO2. The summed E-state index contributed by atoms with van der Waals surface area (Å²) in [6, 6.07) is 0. The second-order valence-corrected chi connectivity index (χ2v) is 3.30. The van der Waals surface area contributed by atoms with Gasteiger partial charge in [-0.3, -0.25) is 4.79 Å². The fourth-order valence-corrected chi connectivity index (χ4v) is 1.73. The van der Waals surface area contributed by atoms with Crippen LogP contribution in [0.15, 0.2) is 0 Å². The van der Waals surface area contributed by atoms with Crippen LogP contribution < -0.4 is 5.73 Å². The number of carboxylic acid groups (broad SMARTS) is 1. The molecule has 0 radical (unpaired) electrons. The molecule has 1 fully saturated rings. The molecule has 3 heteroatoms. The van der Waals surface area contributed by atoms with Crippen molar-refractivity contribution in [1.82, 2.24) is 0 Å². The average Bonchev–Trinajstić information content (AvgIpc) is 2.05. The van der Waals surface area contributed by atoms with E-state index in [9.17, 15) is 4.79 Å². The van der Waals surface area contributed by atoms with E-state index in [1.807, 2.05) is 0 Å². The molecule has 2 atom stereocenters. The van der Waals surface area contributed by atoms with E-state index in [4.69, 9.17) is 10.8 Å². The molecule has 0 aromatic rings. The lowest BCUT2D eigenvalue weighted by atomic mass is 9.81. The quantitative estimate of drug-likeness (QED) is 0.624. The van der Waals surface area contributed by atoms with Gasteiger partial charge in [0.2, 0.25) is 0 Å². The summed E-state index contributed by atoms with van der Waals surface area (Å²) in [5.41, 5.74) is 5.47. The molecule has 1 aliphatic carbocycles. The van der Waals surface area contributed by atoms with Crippen LogP contribution in [0.1, 0.15) is 25.7 Å². The zero-order chi connectivity index (χ0) is 8.27. The molecule has 64 valence electrons. The third kappa shape index (κ3) is 2.19. The molecule has 3 nitrogen and oxygen atoms in total. The van der Waals surface area contributed by atoms with Crippen LogP contribution in [-0.4, -0.2) is 17.6 Å². The summed E-state index contributed by atoms with van der Waals surface area (Å²) in [6.45, 7) is 0.643. The number of rotatable bonds is 2. The van der Waals surface area contributed by atoms with Crippen molar-refractivity contribution in [1.29, 1.82) is 0 Å². The highest BCUT2D eigenvalue weighted by atomic mass is 16.4. The standard InChI is InChI=1S/C8H15NO2/c9-5-6-2-1-3-7(4-6)8(10)11/h6-7H,1-5,9H2,(H,10,11)/t6-,7-/m0/s1. The van der Waals surface area contributed by atoms with Gasteiger partial charge < -0.3 is 10.8 Å². The van der Waals surface area contributed by atoms with E-state index >= 15 is 0 Å². The lowest BCUT2D eigenvalue weighted by Gasteiger charge is -2.25. The Bertz CT molecular complexity index is 147. The van der Waals surface area contributed by atoms with Crippen LogP contribution in [0.5, 0.6) is 0 Å². The van der Waals surface area contributed by atoms with Crippen LogP contribution in [0.4, 0.5) is 0 Å². The van der Waals surface area contributed by atoms with Crippen molar-refractivity contribution in [2.24, 2.45) is 17.6 Å². The van der Waals surface area contributed by atoms with Crippen molar-refractivity contribution in [3.63, 3.8) is 0 Å². The van der Waals surface area contributed by atoms with Gasteiger partial charge >= 0.3 is 5.97 Å². The lowest BCUT2D eigenvalue weighted by Crippen LogP contribution is -2.26. The molecule has 0 aromatic carbocycles. The summed E-state index contributed by atoms with van der Waals surface area (Å²) in [7, 11) is 0. The first kappa shape index (κ1) is 8.53. The molecule has 0 saturated heterocycles. The summed E-state index contributed by atoms with van der Waals surface area (Å²) in [4.78, 5) is 10.6. The van der Waals surface area contributed by atoms with Crippen LogP contribution in [0.3, 0.4) is 0 Å². The summed E-state index contributed by atoms with van der Waals surface area (Å²) >= 11 is 0. The summed E-state index contributed by atoms with van der Waals surface area (Å²) in [6.07, 6.45) is 3.76. The highest BCUT2D eigenvalue weighted by Gasteiger charge is 2.25. The van der Waals surface area contributed by atoms with Crippen LogP contribution in [0.2, 0.25) is 0 Å². The largest absolute Gasteiger partial charge is 0.481 e. The molecule has 0 aromatic heterocycles. The molecule has 3 N–H and O–H groups in total. The molecule has 0 unspecified atom stereocenters. The lowest BCUT2D eigenvalue weighted by molar-refractivity contribution is -0.143. The number of aliphatic carboxylic acids is 1. The average molecular weight is 157 g/mol. The number of carbonyl (C=O) groups is 1. The molecule has 1 aliphatic rings. The fraction of sp³-hybridized carbons (Fsp3) is 0.875. The predicted octanol–water partition coefficient (Wildman–Crippen LogP) is 0.836. The number of hydrogen-bond acceptors (Lipinski definition) is 2. The Morgan fingerprint density at radius 2 is 2.27 bits per heavy atom. The Morgan fingerprint density at radius 3 is 2.82 bits per heavy atom. The van der Waals surface area contributed by atoms with Crippen molar-refractivity contribution >= 4 is 5.97 Å². The molecule has 1 rings (SSSR count). The molecule has 0 amide bonds. The number of nitrogens with two attached hydrogens (primary N) is 1. The van der Waals surface area contributed by atoms with Gasteiger partial charge in [0.15, 0.2) is 0 Å². The molecule has 0 aliphatic heterocycles.